The highest BCUT2D eigenvalue weighted by Gasteiger charge is 2.69. The average Bonchev–Trinajstić information content (AvgIpc) is 2.78. The second-order valence-electron chi connectivity index (χ2n) is 8.33. The summed E-state index contributed by atoms with van der Waals surface area (Å²) in [5.41, 5.74) is -0.636. The molecule has 3 unspecified atom stereocenters. The van der Waals surface area contributed by atoms with Crippen LogP contribution in [0.15, 0.2) is 0 Å². The average molecular weight is 375 g/mol. The molecule has 1 spiro atoms. The monoisotopic (exact) mass is 374 g/mol. The molecular weight excluding hydrogens is 348 g/mol. The number of esters is 1. The number of hydrogen-bond acceptors (Lipinski definition) is 6. The van der Waals surface area contributed by atoms with Gasteiger partial charge in [-0.15, -0.1) is 11.6 Å². The van der Waals surface area contributed by atoms with E-state index >= 15 is 0 Å². The zero-order valence-corrected chi connectivity index (χ0v) is 16.0. The van der Waals surface area contributed by atoms with Crippen LogP contribution in [0.3, 0.4) is 0 Å². The van der Waals surface area contributed by atoms with Gasteiger partial charge in [0.15, 0.2) is 11.9 Å². The Labute approximate surface area is 153 Å². The molecule has 0 amide bonds. The fourth-order valence-corrected chi connectivity index (χ4v) is 5.27. The number of alkyl halides is 1. The quantitative estimate of drug-likeness (QED) is 0.419. The Kier molecular flexibility index (Phi) is 4.36. The highest BCUT2D eigenvalue weighted by molar-refractivity contribution is 6.29. The lowest BCUT2D eigenvalue weighted by Gasteiger charge is -2.59. The molecule has 4 heterocycles. The van der Waals surface area contributed by atoms with Crippen LogP contribution in [0.25, 0.3) is 0 Å². The van der Waals surface area contributed by atoms with Crippen LogP contribution < -0.4 is 0 Å². The summed E-state index contributed by atoms with van der Waals surface area (Å²) in [6.45, 7) is 7.78. The Bertz CT molecular complexity index is 556. The SMILES string of the molecule is CC(Cl)C(=O)OC1O[C@@H]2O[C@@]3(C)CC[C@H]4[C@H](C)CCC([C@H]1C)[C@@]24OO3. The zero-order chi connectivity index (χ0) is 18.0. The first kappa shape index (κ1) is 18.0. The van der Waals surface area contributed by atoms with Crippen molar-refractivity contribution >= 4 is 17.6 Å². The molecule has 0 aromatic rings. The van der Waals surface area contributed by atoms with E-state index in [9.17, 15) is 4.79 Å². The van der Waals surface area contributed by atoms with Gasteiger partial charge in [-0.25, -0.2) is 9.78 Å². The number of fused-ring (bicyclic) bond motifs is 2. The van der Waals surface area contributed by atoms with Gasteiger partial charge >= 0.3 is 5.97 Å². The first-order chi connectivity index (χ1) is 11.8. The molecule has 5 aliphatic rings. The number of hydrogen-bond donors (Lipinski definition) is 0. The normalized spacial score (nSPS) is 52.8. The van der Waals surface area contributed by atoms with Crippen LogP contribution in [-0.2, 0) is 28.8 Å². The van der Waals surface area contributed by atoms with Crippen LogP contribution in [-0.4, -0.2) is 35.3 Å². The zero-order valence-electron chi connectivity index (χ0n) is 15.2. The molecule has 4 aliphatic heterocycles. The molecule has 1 saturated carbocycles. The predicted molar refractivity (Wildman–Crippen MR) is 88.2 cm³/mol. The van der Waals surface area contributed by atoms with Crippen molar-refractivity contribution in [1.82, 2.24) is 0 Å². The highest BCUT2D eigenvalue weighted by atomic mass is 35.5. The van der Waals surface area contributed by atoms with E-state index in [1.54, 1.807) is 6.92 Å². The molecular formula is C18H27ClO6. The molecule has 2 bridgehead atoms. The van der Waals surface area contributed by atoms with Crippen molar-refractivity contribution in [3.05, 3.63) is 0 Å². The van der Waals surface area contributed by atoms with Crippen molar-refractivity contribution in [1.29, 1.82) is 0 Å². The maximum atomic E-state index is 12.0. The second-order valence-corrected chi connectivity index (χ2v) is 8.98. The largest absolute Gasteiger partial charge is 0.434 e. The van der Waals surface area contributed by atoms with Crippen LogP contribution in [0, 0.1) is 23.7 Å². The topological polar surface area (TPSA) is 63.2 Å². The lowest BCUT2D eigenvalue weighted by Crippen LogP contribution is -2.70. The molecule has 6 nitrogen and oxygen atoms in total. The summed E-state index contributed by atoms with van der Waals surface area (Å²) >= 11 is 5.86. The Morgan fingerprint density at radius 1 is 1.20 bits per heavy atom. The predicted octanol–water partition coefficient (Wildman–Crippen LogP) is 3.36. The molecule has 0 aromatic carbocycles. The van der Waals surface area contributed by atoms with Gasteiger partial charge in [-0.1, -0.05) is 13.8 Å². The summed E-state index contributed by atoms with van der Waals surface area (Å²) in [5.74, 6) is -0.390. The van der Waals surface area contributed by atoms with Gasteiger partial charge in [-0.3, -0.25) is 4.79 Å². The van der Waals surface area contributed by atoms with Gasteiger partial charge in [0, 0.05) is 18.3 Å². The maximum absolute atomic E-state index is 12.0. The Morgan fingerprint density at radius 3 is 2.68 bits per heavy atom. The van der Waals surface area contributed by atoms with E-state index in [0.717, 1.165) is 25.7 Å². The summed E-state index contributed by atoms with van der Waals surface area (Å²) in [4.78, 5) is 23.8. The molecule has 1 aliphatic carbocycles. The van der Waals surface area contributed by atoms with Crippen LogP contribution in [0.2, 0.25) is 0 Å². The van der Waals surface area contributed by atoms with Gasteiger partial charge in [-0.05, 0) is 44.9 Å². The van der Waals surface area contributed by atoms with Crippen LogP contribution in [0.5, 0.6) is 0 Å². The van der Waals surface area contributed by atoms with Crippen LogP contribution in [0.4, 0.5) is 0 Å². The molecule has 7 heteroatoms. The van der Waals surface area contributed by atoms with E-state index in [4.69, 9.17) is 35.6 Å². The van der Waals surface area contributed by atoms with Crippen LogP contribution >= 0.6 is 11.6 Å². The fraction of sp³-hybridized carbons (Fsp3) is 0.944. The maximum Gasteiger partial charge on any atom is 0.326 e. The third kappa shape index (κ3) is 2.64. The van der Waals surface area contributed by atoms with Gasteiger partial charge < -0.3 is 14.2 Å². The molecule has 4 saturated heterocycles. The minimum atomic E-state index is -0.827. The summed E-state index contributed by atoms with van der Waals surface area (Å²) in [6, 6.07) is 0. The Balaban J connectivity index is 1.68. The van der Waals surface area contributed by atoms with E-state index in [0.29, 0.717) is 11.8 Å². The van der Waals surface area contributed by atoms with Crippen LogP contribution in [0.1, 0.15) is 53.4 Å². The number of carbonyl (C=O) groups is 1. The Morgan fingerprint density at radius 2 is 1.96 bits per heavy atom. The second kappa shape index (κ2) is 6.06. The van der Waals surface area contributed by atoms with Gasteiger partial charge in [0.2, 0.25) is 12.1 Å². The van der Waals surface area contributed by atoms with Crippen molar-refractivity contribution in [3.63, 3.8) is 0 Å². The minimum Gasteiger partial charge on any atom is -0.434 e. The third-order valence-corrected chi connectivity index (χ3v) is 6.83. The molecule has 0 radical (unpaired) electrons. The van der Waals surface area contributed by atoms with Gasteiger partial charge in [0.25, 0.3) is 0 Å². The standard InChI is InChI=1S/C18H27ClO6/c1-9-5-6-13-10(2)15(21-14(20)11(3)19)22-16-18(13)12(9)7-8-17(4,23-16)24-25-18/h9-13,15-16H,5-8H2,1-4H3/t9-,10-,11?,12+,13?,15?,16-,17-,18-/m1/s1. The van der Waals surface area contributed by atoms with E-state index in [-0.39, 0.29) is 11.8 Å². The summed E-state index contributed by atoms with van der Waals surface area (Å²) in [7, 11) is 0. The van der Waals surface area contributed by atoms with E-state index < -0.39 is 35.3 Å². The smallest absolute Gasteiger partial charge is 0.326 e. The lowest BCUT2D eigenvalue weighted by molar-refractivity contribution is -0.576. The van der Waals surface area contributed by atoms with Crippen molar-refractivity contribution in [3.8, 4) is 0 Å². The van der Waals surface area contributed by atoms with E-state index in [2.05, 4.69) is 6.92 Å². The van der Waals surface area contributed by atoms with Crippen molar-refractivity contribution in [2.75, 3.05) is 0 Å². The van der Waals surface area contributed by atoms with Crippen molar-refractivity contribution in [2.45, 2.75) is 82.7 Å². The Hall–Kier alpha value is -0.400. The lowest BCUT2D eigenvalue weighted by atomic mass is 9.58. The molecule has 142 valence electrons. The van der Waals surface area contributed by atoms with E-state index in [1.165, 1.54) is 0 Å². The van der Waals surface area contributed by atoms with E-state index in [1.807, 2.05) is 13.8 Å². The summed E-state index contributed by atoms with van der Waals surface area (Å²) in [5, 5.41) is -0.714. The van der Waals surface area contributed by atoms with Gasteiger partial charge in [0.05, 0.1) is 0 Å². The molecule has 25 heavy (non-hydrogen) atoms. The fourth-order valence-electron chi connectivity index (χ4n) is 5.21. The number of carbonyl (C=O) groups excluding carboxylic acids is 1. The summed E-state index contributed by atoms with van der Waals surface area (Å²) in [6.07, 6.45) is 2.52. The van der Waals surface area contributed by atoms with Gasteiger partial charge in [-0.2, -0.15) is 0 Å². The first-order valence-corrected chi connectivity index (χ1v) is 9.75. The number of ether oxygens (including phenoxy) is 3. The number of halogens is 1. The molecule has 5 fully saturated rings. The summed E-state index contributed by atoms with van der Waals surface area (Å²) < 4.78 is 17.9. The molecule has 0 aromatic heterocycles. The third-order valence-electron chi connectivity index (χ3n) is 6.65. The highest BCUT2D eigenvalue weighted by Crippen LogP contribution is 2.60. The minimum absolute atomic E-state index is 0.0275. The van der Waals surface area contributed by atoms with Crippen molar-refractivity contribution < 1.29 is 28.8 Å². The molecule has 0 N–H and O–H groups in total. The molecule has 5 rings (SSSR count). The van der Waals surface area contributed by atoms with Crippen molar-refractivity contribution in [2.24, 2.45) is 23.7 Å². The first-order valence-electron chi connectivity index (χ1n) is 9.31. The number of rotatable bonds is 2. The molecule has 9 atom stereocenters. The van der Waals surface area contributed by atoms with Gasteiger partial charge in [0.1, 0.15) is 5.38 Å².